The van der Waals surface area contributed by atoms with Gasteiger partial charge in [0.15, 0.2) is 0 Å². The molecule has 26 heavy (non-hydrogen) atoms. The highest BCUT2D eigenvalue weighted by molar-refractivity contribution is 7.98. The first kappa shape index (κ1) is 19.8. The largest absolute Gasteiger partial charge is 0.494 e. The molecule has 2 rings (SSSR count). The third-order valence-electron chi connectivity index (χ3n) is 3.54. The van der Waals surface area contributed by atoms with Gasteiger partial charge in [-0.1, -0.05) is 24.3 Å². The summed E-state index contributed by atoms with van der Waals surface area (Å²) >= 11 is 1.56. The summed E-state index contributed by atoms with van der Waals surface area (Å²) in [6.07, 6.45) is 0.452. The van der Waals surface area contributed by atoms with Crippen molar-refractivity contribution < 1.29 is 19.4 Å². The molecule has 0 aromatic heterocycles. The normalized spacial score (nSPS) is 10.3. The topological polar surface area (TPSA) is 75.6 Å². The Morgan fingerprint density at radius 3 is 2.58 bits per heavy atom. The van der Waals surface area contributed by atoms with Crippen LogP contribution in [-0.4, -0.2) is 29.3 Å². The maximum atomic E-state index is 12.2. The van der Waals surface area contributed by atoms with Crippen molar-refractivity contribution in [3.8, 4) is 5.75 Å². The molecular weight excluding hydrogens is 350 g/mol. The minimum atomic E-state index is -0.784. The molecule has 6 heteroatoms. The molecule has 0 aliphatic carbocycles. The van der Waals surface area contributed by atoms with E-state index in [-0.39, 0.29) is 12.3 Å². The summed E-state index contributed by atoms with van der Waals surface area (Å²) in [6, 6.07) is 15.1. The Morgan fingerprint density at radius 1 is 1.12 bits per heavy atom. The predicted molar refractivity (Wildman–Crippen MR) is 105 cm³/mol. The number of hydrogen-bond acceptors (Lipinski definition) is 4. The molecule has 0 heterocycles. The Hall–Kier alpha value is -2.47. The van der Waals surface area contributed by atoms with E-state index in [9.17, 15) is 9.59 Å². The van der Waals surface area contributed by atoms with E-state index in [0.29, 0.717) is 18.8 Å². The monoisotopic (exact) mass is 373 g/mol. The summed E-state index contributed by atoms with van der Waals surface area (Å²) in [5.41, 5.74) is 2.72. The van der Waals surface area contributed by atoms with Gasteiger partial charge >= 0.3 is 5.97 Å². The fraction of sp³-hybridized carbons (Fsp3) is 0.300. The number of carbonyl (C=O) groups excluding carboxylic acids is 1. The van der Waals surface area contributed by atoms with Crippen molar-refractivity contribution in [3.63, 3.8) is 0 Å². The lowest BCUT2D eigenvalue weighted by Gasteiger charge is -2.08. The fourth-order valence-corrected chi connectivity index (χ4v) is 3.23. The number of thioether (sulfide) groups is 1. The van der Waals surface area contributed by atoms with Crippen LogP contribution in [-0.2, 0) is 21.8 Å². The average molecular weight is 373 g/mol. The lowest BCUT2D eigenvalue weighted by molar-refractivity contribution is -0.136. The van der Waals surface area contributed by atoms with E-state index in [1.54, 1.807) is 11.8 Å². The minimum Gasteiger partial charge on any atom is -0.494 e. The Labute approximate surface area is 157 Å². The molecule has 0 radical (unpaired) electrons. The number of benzene rings is 2. The van der Waals surface area contributed by atoms with Crippen molar-refractivity contribution in [2.75, 3.05) is 17.7 Å². The lowest BCUT2D eigenvalue weighted by atomic mass is 10.1. The molecule has 2 N–H and O–H groups in total. The molecule has 0 aliphatic rings. The molecule has 0 unspecified atom stereocenters. The standard InChI is InChI=1S/C20H23NO4S/c1-2-25-18-8-6-15(7-9-18)13-19(22)21-17-5-3-4-16(12-17)14-26-11-10-20(23)24/h3-9,12H,2,10-11,13-14H2,1H3,(H,21,22)(H,23,24). The highest BCUT2D eigenvalue weighted by Crippen LogP contribution is 2.18. The summed E-state index contributed by atoms with van der Waals surface area (Å²) in [7, 11) is 0. The predicted octanol–water partition coefficient (Wildman–Crippen LogP) is 3.97. The molecule has 0 saturated carbocycles. The zero-order valence-corrected chi connectivity index (χ0v) is 15.6. The van der Waals surface area contributed by atoms with Crippen LogP contribution in [0.5, 0.6) is 5.75 Å². The van der Waals surface area contributed by atoms with Crippen molar-refractivity contribution in [2.45, 2.75) is 25.5 Å². The van der Waals surface area contributed by atoms with Gasteiger partial charge < -0.3 is 15.2 Å². The van der Waals surface area contributed by atoms with Crippen molar-refractivity contribution >= 4 is 29.3 Å². The highest BCUT2D eigenvalue weighted by atomic mass is 32.2. The lowest BCUT2D eigenvalue weighted by Crippen LogP contribution is -2.14. The number of anilines is 1. The van der Waals surface area contributed by atoms with Crippen LogP contribution in [0.2, 0.25) is 0 Å². The molecule has 138 valence electrons. The van der Waals surface area contributed by atoms with Gasteiger partial charge in [-0.25, -0.2) is 0 Å². The van der Waals surface area contributed by atoms with E-state index >= 15 is 0 Å². The average Bonchev–Trinajstić information content (AvgIpc) is 2.61. The second-order valence-electron chi connectivity index (χ2n) is 5.70. The van der Waals surface area contributed by atoms with E-state index in [4.69, 9.17) is 9.84 Å². The van der Waals surface area contributed by atoms with Crippen LogP contribution in [0.25, 0.3) is 0 Å². The van der Waals surface area contributed by atoms with E-state index < -0.39 is 5.97 Å². The molecule has 2 aromatic rings. The zero-order chi connectivity index (χ0) is 18.8. The Kier molecular flexibility index (Phi) is 8.02. The van der Waals surface area contributed by atoms with Gasteiger partial charge in [0.1, 0.15) is 5.75 Å². The van der Waals surface area contributed by atoms with Gasteiger partial charge in [0.2, 0.25) is 5.91 Å². The van der Waals surface area contributed by atoms with Crippen LogP contribution >= 0.6 is 11.8 Å². The maximum absolute atomic E-state index is 12.2. The number of rotatable bonds is 10. The Balaban J connectivity index is 1.84. The van der Waals surface area contributed by atoms with E-state index in [1.807, 2.05) is 55.5 Å². The van der Waals surface area contributed by atoms with Gasteiger partial charge in [-0.2, -0.15) is 11.8 Å². The van der Waals surface area contributed by atoms with E-state index in [2.05, 4.69) is 5.32 Å². The Bertz CT molecular complexity index is 731. The van der Waals surface area contributed by atoms with Gasteiger partial charge in [0.05, 0.1) is 19.4 Å². The first-order valence-electron chi connectivity index (χ1n) is 8.47. The third kappa shape index (κ3) is 7.19. The van der Waals surface area contributed by atoms with E-state index in [0.717, 1.165) is 28.3 Å². The van der Waals surface area contributed by atoms with Crippen molar-refractivity contribution in [3.05, 3.63) is 59.7 Å². The Morgan fingerprint density at radius 2 is 1.88 bits per heavy atom. The maximum Gasteiger partial charge on any atom is 0.304 e. The number of hydrogen-bond donors (Lipinski definition) is 2. The number of carboxylic acid groups (broad SMARTS) is 1. The van der Waals surface area contributed by atoms with Crippen LogP contribution in [0.4, 0.5) is 5.69 Å². The van der Waals surface area contributed by atoms with Crippen molar-refractivity contribution in [1.82, 2.24) is 0 Å². The molecule has 0 saturated heterocycles. The van der Waals surface area contributed by atoms with Crippen LogP contribution in [0.1, 0.15) is 24.5 Å². The summed E-state index contributed by atoms with van der Waals surface area (Å²) < 4.78 is 5.39. The molecule has 0 aliphatic heterocycles. The van der Waals surface area contributed by atoms with Crippen LogP contribution in [0.3, 0.4) is 0 Å². The number of carboxylic acids is 1. The molecular formula is C20H23NO4S. The van der Waals surface area contributed by atoms with Gasteiger partial charge in [-0.3, -0.25) is 9.59 Å². The number of aliphatic carboxylic acids is 1. The summed E-state index contributed by atoms with van der Waals surface area (Å²) in [5, 5.41) is 11.6. The third-order valence-corrected chi connectivity index (χ3v) is 4.57. The molecule has 0 atom stereocenters. The molecule has 0 bridgehead atoms. The number of ether oxygens (including phenoxy) is 1. The number of amides is 1. The van der Waals surface area contributed by atoms with Crippen LogP contribution in [0.15, 0.2) is 48.5 Å². The SMILES string of the molecule is CCOc1ccc(CC(=O)Nc2cccc(CSCCC(=O)O)c2)cc1. The van der Waals surface area contributed by atoms with Gasteiger partial charge in [-0.15, -0.1) is 0 Å². The molecule has 5 nitrogen and oxygen atoms in total. The second kappa shape index (κ2) is 10.5. The fourth-order valence-electron chi connectivity index (χ4n) is 2.35. The van der Waals surface area contributed by atoms with Crippen LogP contribution in [0, 0.1) is 0 Å². The molecule has 2 aromatic carbocycles. The summed E-state index contributed by atoms with van der Waals surface area (Å²) in [5.74, 6) is 1.22. The quantitative estimate of drug-likeness (QED) is 0.616. The first-order valence-corrected chi connectivity index (χ1v) is 9.62. The molecule has 1 amide bonds. The van der Waals surface area contributed by atoms with Crippen LogP contribution < -0.4 is 10.1 Å². The van der Waals surface area contributed by atoms with Crippen molar-refractivity contribution in [2.24, 2.45) is 0 Å². The summed E-state index contributed by atoms with van der Waals surface area (Å²) in [4.78, 5) is 22.7. The van der Waals surface area contributed by atoms with Gasteiger partial charge in [0.25, 0.3) is 0 Å². The second-order valence-corrected chi connectivity index (χ2v) is 6.80. The first-order chi connectivity index (χ1) is 12.6. The minimum absolute atomic E-state index is 0.0789. The van der Waals surface area contributed by atoms with Crippen molar-refractivity contribution in [1.29, 1.82) is 0 Å². The number of nitrogens with one attached hydrogen (secondary N) is 1. The van der Waals surface area contributed by atoms with E-state index in [1.165, 1.54) is 0 Å². The van der Waals surface area contributed by atoms with Gasteiger partial charge in [-0.05, 0) is 42.3 Å². The highest BCUT2D eigenvalue weighted by Gasteiger charge is 2.06. The smallest absolute Gasteiger partial charge is 0.304 e. The zero-order valence-electron chi connectivity index (χ0n) is 14.7. The molecule has 0 spiro atoms. The number of carbonyl (C=O) groups is 2. The summed E-state index contributed by atoms with van der Waals surface area (Å²) in [6.45, 7) is 2.55. The van der Waals surface area contributed by atoms with Gasteiger partial charge in [0, 0.05) is 17.2 Å². The molecule has 0 fully saturated rings.